The molecule has 0 saturated carbocycles. The molecular formula is C10H12ClFO2. The fourth-order valence-corrected chi connectivity index (χ4v) is 1.44. The largest absolute Gasteiger partial charge is 0.396 e. The summed E-state index contributed by atoms with van der Waals surface area (Å²) in [5, 5.41) is 18.0. The predicted molar refractivity (Wildman–Crippen MR) is 52.8 cm³/mol. The Kier molecular flexibility index (Phi) is 4.32. The first-order valence-electron chi connectivity index (χ1n) is 4.33. The van der Waals surface area contributed by atoms with Crippen LogP contribution in [0.2, 0.25) is 5.02 Å². The van der Waals surface area contributed by atoms with Gasteiger partial charge in [-0.05, 0) is 18.6 Å². The zero-order valence-electron chi connectivity index (χ0n) is 7.58. The molecule has 0 aliphatic rings. The van der Waals surface area contributed by atoms with Gasteiger partial charge in [0, 0.05) is 29.7 Å². The molecule has 1 rings (SSSR count). The van der Waals surface area contributed by atoms with Gasteiger partial charge in [-0.3, -0.25) is 0 Å². The highest BCUT2D eigenvalue weighted by Gasteiger charge is 2.13. The lowest BCUT2D eigenvalue weighted by molar-refractivity contribution is 0.149. The first kappa shape index (κ1) is 11.4. The average molecular weight is 219 g/mol. The molecule has 0 bridgehead atoms. The highest BCUT2D eigenvalue weighted by molar-refractivity contribution is 6.31. The highest BCUT2D eigenvalue weighted by Crippen LogP contribution is 2.21. The van der Waals surface area contributed by atoms with Gasteiger partial charge in [0.15, 0.2) is 0 Å². The van der Waals surface area contributed by atoms with Crippen LogP contribution in [-0.4, -0.2) is 23.4 Å². The molecule has 0 amide bonds. The molecule has 2 N–H and O–H groups in total. The molecule has 2 nitrogen and oxygen atoms in total. The molecule has 0 heterocycles. The Morgan fingerprint density at radius 1 is 1.29 bits per heavy atom. The monoisotopic (exact) mass is 218 g/mol. The Balaban J connectivity index is 2.84. The Bertz CT molecular complexity index is 280. The third-order valence-electron chi connectivity index (χ3n) is 2.07. The topological polar surface area (TPSA) is 40.5 Å². The lowest BCUT2D eigenvalue weighted by atomic mass is 10.0. The van der Waals surface area contributed by atoms with E-state index in [-0.39, 0.29) is 25.6 Å². The number of benzene rings is 1. The van der Waals surface area contributed by atoms with Crippen molar-refractivity contribution in [3.63, 3.8) is 0 Å². The number of hydrogen-bond acceptors (Lipinski definition) is 2. The van der Waals surface area contributed by atoms with Crippen molar-refractivity contribution in [2.75, 3.05) is 13.2 Å². The van der Waals surface area contributed by atoms with Crippen molar-refractivity contribution in [2.45, 2.75) is 6.42 Å². The molecule has 0 aliphatic heterocycles. The van der Waals surface area contributed by atoms with Crippen molar-refractivity contribution < 1.29 is 14.6 Å². The summed E-state index contributed by atoms with van der Waals surface area (Å²) in [6.45, 7) is -0.359. The maximum absolute atomic E-state index is 13.2. The zero-order valence-corrected chi connectivity index (χ0v) is 8.34. The maximum Gasteiger partial charge on any atom is 0.127 e. The molecule has 78 valence electrons. The summed E-state index contributed by atoms with van der Waals surface area (Å²) in [5.41, 5.74) is 0.349. The van der Waals surface area contributed by atoms with Gasteiger partial charge in [-0.15, -0.1) is 0 Å². The first-order chi connectivity index (χ1) is 6.69. The van der Waals surface area contributed by atoms with E-state index in [1.807, 2.05) is 0 Å². The van der Waals surface area contributed by atoms with Crippen molar-refractivity contribution in [1.82, 2.24) is 0 Å². The fraction of sp³-hybridized carbons (Fsp3) is 0.400. The van der Waals surface area contributed by atoms with E-state index in [4.69, 9.17) is 21.8 Å². The van der Waals surface area contributed by atoms with E-state index in [2.05, 4.69) is 0 Å². The molecule has 0 unspecified atom stereocenters. The van der Waals surface area contributed by atoms with E-state index >= 15 is 0 Å². The van der Waals surface area contributed by atoms with Crippen LogP contribution in [-0.2, 0) is 6.42 Å². The van der Waals surface area contributed by atoms with Gasteiger partial charge in [-0.1, -0.05) is 17.7 Å². The van der Waals surface area contributed by atoms with Crippen LogP contribution in [0.15, 0.2) is 18.2 Å². The Hall–Kier alpha value is -0.640. The van der Waals surface area contributed by atoms with Gasteiger partial charge in [-0.2, -0.15) is 0 Å². The van der Waals surface area contributed by atoms with Crippen LogP contribution in [0.25, 0.3) is 0 Å². The standard InChI is InChI=1S/C10H12ClFO2/c11-9-2-1-3-10(12)8(9)4-7(5-13)6-14/h1-3,7,13-14H,4-6H2. The third kappa shape index (κ3) is 2.67. The van der Waals surface area contributed by atoms with Crippen LogP contribution in [0.5, 0.6) is 0 Å². The minimum absolute atomic E-state index is 0.179. The molecular weight excluding hydrogens is 207 g/mol. The SMILES string of the molecule is OCC(CO)Cc1c(F)cccc1Cl. The first-order valence-corrected chi connectivity index (χ1v) is 4.71. The van der Waals surface area contributed by atoms with Gasteiger partial charge < -0.3 is 10.2 Å². The van der Waals surface area contributed by atoms with Crippen LogP contribution in [0.3, 0.4) is 0 Å². The number of aliphatic hydroxyl groups excluding tert-OH is 2. The van der Waals surface area contributed by atoms with Crippen LogP contribution < -0.4 is 0 Å². The molecule has 0 fully saturated rings. The summed E-state index contributed by atoms with van der Waals surface area (Å²) in [7, 11) is 0. The molecule has 0 saturated heterocycles. The Morgan fingerprint density at radius 2 is 1.93 bits per heavy atom. The number of rotatable bonds is 4. The molecule has 14 heavy (non-hydrogen) atoms. The highest BCUT2D eigenvalue weighted by atomic mass is 35.5. The summed E-state index contributed by atoms with van der Waals surface area (Å²) in [4.78, 5) is 0. The molecule has 0 atom stereocenters. The Labute approximate surface area is 86.9 Å². The molecule has 1 aromatic carbocycles. The van der Waals surface area contributed by atoms with E-state index < -0.39 is 5.82 Å². The molecule has 1 aromatic rings. The fourth-order valence-electron chi connectivity index (χ4n) is 1.20. The smallest absolute Gasteiger partial charge is 0.127 e. The van der Waals surface area contributed by atoms with Crippen molar-refractivity contribution >= 4 is 11.6 Å². The summed E-state index contributed by atoms with van der Waals surface area (Å²) in [6.07, 6.45) is 0.249. The van der Waals surface area contributed by atoms with E-state index in [1.165, 1.54) is 12.1 Å². The summed E-state index contributed by atoms with van der Waals surface area (Å²) < 4.78 is 13.2. The van der Waals surface area contributed by atoms with Gasteiger partial charge in [0.05, 0.1) is 0 Å². The van der Waals surface area contributed by atoms with Gasteiger partial charge in [0.1, 0.15) is 5.82 Å². The molecule has 0 spiro atoms. The minimum atomic E-state index is -0.399. The van der Waals surface area contributed by atoms with E-state index in [0.29, 0.717) is 10.6 Å². The predicted octanol–water partition coefficient (Wildman–Crippen LogP) is 1.62. The maximum atomic E-state index is 13.2. The second-order valence-electron chi connectivity index (χ2n) is 3.14. The van der Waals surface area contributed by atoms with Crippen LogP contribution in [0.4, 0.5) is 4.39 Å². The summed E-state index contributed by atoms with van der Waals surface area (Å²) >= 11 is 5.78. The van der Waals surface area contributed by atoms with Crippen molar-refractivity contribution in [2.24, 2.45) is 5.92 Å². The second-order valence-corrected chi connectivity index (χ2v) is 3.54. The second kappa shape index (κ2) is 5.29. The average Bonchev–Trinajstić information content (AvgIpc) is 2.18. The Morgan fingerprint density at radius 3 is 2.43 bits per heavy atom. The van der Waals surface area contributed by atoms with E-state index in [0.717, 1.165) is 0 Å². The van der Waals surface area contributed by atoms with E-state index in [1.54, 1.807) is 6.07 Å². The lowest BCUT2D eigenvalue weighted by Crippen LogP contribution is -2.15. The summed E-state index contributed by atoms with van der Waals surface area (Å²) in [5.74, 6) is -0.756. The van der Waals surface area contributed by atoms with Crippen LogP contribution in [0.1, 0.15) is 5.56 Å². The molecule has 0 aromatic heterocycles. The number of aliphatic hydroxyl groups is 2. The van der Waals surface area contributed by atoms with Crippen LogP contribution >= 0.6 is 11.6 Å². The molecule has 0 radical (unpaired) electrons. The lowest BCUT2D eigenvalue weighted by Gasteiger charge is -2.12. The molecule has 4 heteroatoms. The summed E-state index contributed by atoms with van der Waals surface area (Å²) in [6, 6.07) is 4.42. The zero-order chi connectivity index (χ0) is 10.6. The van der Waals surface area contributed by atoms with Gasteiger partial charge >= 0.3 is 0 Å². The quantitative estimate of drug-likeness (QED) is 0.807. The minimum Gasteiger partial charge on any atom is -0.396 e. The third-order valence-corrected chi connectivity index (χ3v) is 2.42. The van der Waals surface area contributed by atoms with Crippen molar-refractivity contribution in [3.8, 4) is 0 Å². The van der Waals surface area contributed by atoms with E-state index in [9.17, 15) is 4.39 Å². The molecule has 0 aliphatic carbocycles. The number of hydrogen-bond donors (Lipinski definition) is 2. The number of halogens is 2. The normalized spacial score (nSPS) is 10.9. The van der Waals surface area contributed by atoms with Gasteiger partial charge in [0.2, 0.25) is 0 Å². The van der Waals surface area contributed by atoms with Crippen LogP contribution in [0, 0.1) is 11.7 Å². The van der Waals surface area contributed by atoms with Gasteiger partial charge in [-0.25, -0.2) is 4.39 Å². The van der Waals surface area contributed by atoms with Crippen molar-refractivity contribution in [3.05, 3.63) is 34.6 Å². The van der Waals surface area contributed by atoms with Crippen molar-refractivity contribution in [1.29, 1.82) is 0 Å². The van der Waals surface area contributed by atoms with Gasteiger partial charge in [0.25, 0.3) is 0 Å².